The average Bonchev–Trinajstić information content (AvgIpc) is 2.06. The van der Waals surface area contributed by atoms with E-state index in [1.165, 1.54) is 0 Å². The van der Waals surface area contributed by atoms with Crippen LogP contribution in [0, 0.1) is 5.92 Å². The smallest absolute Gasteiger partial charge is 0.374 e. The molecule has 0 bridgehead atoms. The number of ether oxygens (including phenoxy) is 1. The van der Waals surface area contributed by atoms with E-state index in [2.05, 4.69) is 0 Å². The molecule has 0 aliphatic carbocycles. The summed E-state index contributed by atoms with van der Waals surface area (Å²) in [6, 6.07) is 0. The maximum Gasteiger partial charge on any atom is 0.374 e. The zero-order chi connectivity index (χ0) is 9.19. The van der Waals surface area contributed by atoms with Gasteiger partial charge in [0.15, 0.2) is 0 Å². The molecule has 0 amide bonds. The molecule has 1 saturated heterocycles. The van der Waals surface area contributed by atoms with E-state index in [0.29, 0.717) is 0 Å². The van der Waals surface area contributed by atoms with Gasteiger partial charge in [-0.05, 0) is 12.8 Å². The second-order valence-corrected chi connectivity index (χ2v) is 2.81. The second kappa shape index (κ2) is 3.35. The number of alkyl halides is 2. The lowest BCUT2D eigenvalue weighted by Crippen LogP contribution is -2.40. The van der Waals surface area contributed by atoms with Crippen LogP contribution in [0.2, 0.25) is 0 Å². The number of carboxylic acid groups (broad SMARTS) is 1. The van der Waals surface area contributed by atoms with Crippen molar-refractivity contribution < 1.29 is 23.4 Å². The van der Waals surface area contributed by atoms with Crippen LogP contribution in [0.4, 0.5) is 8.78 Å². The number of halogens is 2. The van der Waals surface area contributed by atoms with Crippen LogP contribution in [0.1, 0.15) is 12.8 Å². The van der Waals surface area contributed by atoms with Gasteiger partial charge in [0.2, 0.25) is 0 Å². The Balaban J connectivity index is 2.59. The summed E-state index contributed by atoms with van der Waals surface area (Å²) in [7, 11) is 0. The van der Waals surface area contributed by atoms with Gasteiger partial charge in [-0.1, -0.05) is 0 Å². The summed E-state index contributed by atoms with van der Waals surface area (Å²) in [5, 5.41) is 8.20. The van der Waals surface area contributed by atoms with E-state index in [9.17, 15) is 13.6 Å². The Morgan fingerprint density at radius 3 is 2.33 bits per heavy atom. The van der Waals surface area contributed by atoms with Crippen LogP contribution in [0.5, 0.6) is 0 Å². The van der Waals surface area contributed by atoms with Gasteiger partial charge in [-0.3, -0.25) is 0 Å². The lowest BCUT2D eigenvalue weighted by molar-refractivity contribution is -0.178. The molecule has 5 heteroatoms. The topological polar surface area (TPSA) is 46.5 Å². The number of hydrogen-bond donors (Lipinski definition) is 1. The fourth-order valence-electron chi connectivity index (χ4n) is 1.23. The van der Waals surface area contributed by atoms with Crippen molar-refractivity contribution in [3.8, 4) is 0 Å². The molecule has 0 radical (unpaired) electrons. The number of carboxylic acids is 1. The van der Waals surface area contributed by atoms with Crippen molar-refractivity contribution in [2.24, 2.45) is 5.92 Å². The second-order valence-electron chi connectivity index (χ2n) is 2.81. The molecule has 1 N–H and O–H groups in total. The van der Waals surface area contributed by atoms with Gasteiger partial charge in [0, 0.05) is 19.1 Å². The first-order chi connectivity index (χ1) is 5.55. The average molecular weight is 180 g/mol. The standard InChI is InChI=1S/C7H10F2O3/c8-7(9,6(10)11)5-1-3-12-4-2-5/h5H,1-4H2,(H,10,11). The van der Waals surface area contributed by atoms with Gasteiger partial charge in [0.25, 0.3) is 0 Å². The maximum atomic E-state index is 12.8. The predicted octanol–water partition coefficient (Wildman–Crippen LogP) is 1.13. The predicted molar refractivity (Wildman–Crippen MR) is 36.1 cm³/mol. The van der Waals surface area contributed by atoms with Crippen LogP contribution in [-0.2, 0) is 9.53 Å². The molecule has 0 unspecified atom stereocenters. The molecule has 1 aliphatic heterocycles. The fraction of sp³-hybridized carbons (Fsp3) is 0.857. The molecule has 70 valence electrons. The van der Waals surface area contributed by atoms with E-state index >= 15 is 0 Å². The monoisotopic (exact) mass is 180 g/mol. The molecular formula is C7H10F2O3. The number of carbonyl (C=O) groups is 1. The molecule has 0 atom stereocenters. The highest BCUT2D eigenvalue weighted by atomic mass is 19.3. The third-order valence-corrected chi connectivity index (χ3v) is 2.02. The summed E-state index contributed by atoms with van der Waals surface area (Å²) in [6.45, 7) is 0.459. The lowest BCUT2D eigenvalue weighted by Gasteiger charge is -2.26. The Hall–Kier alpha value is -0.710. The molecule has 1 heterocycles. The lowest BCUT2D eigenvalue weighted by atomic mass is 9.93. The van der Waals surface area contributed by atoms with E-state index in [4.69, 9.17) is 9.84 Å². The molecule has 1 rings (SSSR count). The van der Waals surface area contributed by atoms with E-state index < -0.39 is 17.8 Å². The van der Waals surface area contributed by atoms with Gasteiger partial charge in [-0.15, -0.1) is 0 Å². The van der Waals surface area contributed by atoms with Crippen molar-refractivity contribution in [3.05, 3.63) is 0 Å². The molecule has 1 fully saturated rings. The number of aliphatic carboxylic acids is 1. The molecule has 12 heavy (non-hydrogen) atoms. The summed E-state index contributed by atoms with van der Waals surface area (Å²) >= 11 is 0. The molecule has 0 aromatic carbocycles. The van der Waals surface area contributed by atoms with Crippen molar-refractivity contribution in [1.29, 1.82) is 0 Å². The van der Waals surface area contributed by atoms with Crippen LogP contribution in [0.25, 0.3) is 0 Å². The quantitative estimate of drug-likeness (QED) is 0.692. The van der Waals surface area contributed by atoms with Gasteiger partial charge in [-0.25, -0.2) is 4.79 Å². The summed E-state index contributed by atoms with van der Waals surface area (Å²) in [6.07, 6.45) is 0.249. The van der Waals surface area contributed by atoms with Crippen molar-refractivity contribution in [3.63, 3.8) is 0 Å². The minimum Gasteiger partial charge on any atom is -0.477 e. The van der Waals surface area contributed by atoms with Crippen molar-refractivity contribution in [2.45, 2.75) is 18.8 Å². The molecule has 0 spiro atoms. The summed E-state index contributed by atoms with van der Waals surface area (Å²) < 4.78 is 30.4. The largest absolute Gasteiger partial charge is 0.477 e. The van der Waals surface area contributed by atoms with Crippen LogP contribution in [0.3, 0.4) is 0 Å². The van der Waals surface area contributed by atoms with Gasteiger partial charge in [0.05, 0.1) is 0 Å². The molecule has 3 nitrogen and oxygen atoms in total. The summed E-state index contributed by atoms with van der Waals surface area (Å²) in [5.74, 6) is -6.69. The molecule has 0 aromatic rings. The van der Waals surface area contributed by atoms with E-state index in [-0.39, 0.29) is 26.1 Å². The Morgan fingerprint density at radius 2 is 1.92 bits per heavy atom. The Labute approximate surface area is 68.3 Å². The first kappa shape index (κ1) is 9.38. The third-order valence-electron chi connectivity index (χ3n) is 2.02. The summed E-state index contributed by atoms with van der Waals surface area (Å²) in [5.41, 5.74) is 0. The normalized spacial score (nSPS) is 20.8. The van der Waals surface area contributed by atoms with Crippen LogP contribution < -0.4 is 0 Å². The van der Waals surface area contributed by atoms with Gasteiger partial charge in [-0.2, -0.15) is 8.78 Å². The van der Waals surface area contributed by atoms with Gasteiger partial charge >= 0.3 is 11.9 Å². The van der Waals surface area contributed by atoms with Gasteiger partial charge in [0.1, 0.15) is 0 Å². The highest BCUT2D eigenvalue weighted by molar-refractivity contribution is 5.75. The van der Waals surface area contributed by atoms with E-state index in [1.807, 2.05) is 0 Å². The number of rotatable bonds is 2. The van der Waals surface area contributed by atoms with Crippen molar-refractivity contribution >= 4 is 5.97 Å². The van der Waals surface area contributed by atoms with E-state index in [1.54, 1.807) is 0 Å². The molecule has 0 saturated carbocycles. The highest BCUT2D eigenvalue weighted by Gasteiger charge is 2.47. The molecule has 1 aliphatic rings. The number of hydrogen-bond acceptors (Lipinski definition) is 2. The van der Waals surface area contributed by atoms with E-state index in [0.717, 1.165) is 0 Å². The third kappa shape index (κ3) is 1.72. The summed E-state index contributed by atoms with van der Waals surface area (Å²) in [4.78, 5) is 10.1. The Kier molecular flexibility index (Phi) is 2.62. The molecular weight excluding hydrogens is 170 g/mol. The minimum absolute atomic E-state index is 0.124. The van der Waals surface area contributed by atoms with Crippen molar-refractivity contribution in [1.82, 2.24) is 0 Å². The first-order valence-corrected chi connectivity index (χ1v) is 3.74. The van der Waals surface area contributed by atoms with Crippen LogP contribution >= 0.6 is 0 Å². The maximum absolute atomic E-state index is 12.8. The minimum atomic E-state index is -3.59. The first-order valence-electron chi connectivity index (χ1n) is 3.74. The van der Waals surface area contributed by atoms with Crippen molar-refractivity contribution in [2.75, 3.05) is 13.2 Å². The van der Waals surface area contributed by atoms with Crippen LogP contribution in [0.15, 0.2) is 0 Å². The SMILES string of the molecule is O=C(O)C(F)(F)C1CCOCC1. The zero-order valence-corrected chi connectivity index (χ0v) is 6.43. The fourth-order valence-corrected chi connectivity index (χ4v) is 1.23. The molecule has 0 aromatic heterocycles. The highest BCUT2D eigenvalue weighted by Crippen LogP contribution is 2.32. The Morgan fingerprint density at radius 1 is 1.42 bits per heavy atom. The van der Waals surface area contributed by atoms with Gasteiger partial charge < -0.3 is 9.84 Å². The van der Waals surface area contributed by atoms with Crippen LogP contribution in [-0.4, -0.2) is 30.2 Å². The Bertz CT molecular complexity index is 175. The zero-order valence-electron chi connectivity index (χ0n) is 6.43.